The van der Waals surface area contributed by atoms with Crippen LogP contribution < -0.4 is 0 Å². The highest BCUT2D eigenvalue weighted by Gasteiger charge is 2.30. The molecule has 3 unspecified atom stereocenters. The van der Waals surface area contributed by atoms with E-state index in [1.165, 1.54) is 199 Å². The van der Waals surface area contributed by atoms with E-state index in [-0.39, 0.29) is 25.7 Å². The molecule has 17 nitrogen and oxygen atoms in total. The molecule has 0 aliphatic carbocycles. The number of carbonyl (C=O) groups is 4. The summed E-state index contributed by atoms with van der Waals surface area (Å²) in [6, 6.07) is 0. The summed E-state index contributed by atoms with van der Waals surface area (Å²) in [5.74, 6) is 0.194. The Kier molecular flexibility index (Phi) is 71.0. The standard InChI is InChI=1S/C83H158O17P2/c1-8-10-11-12-13-14-15-16-21-28-33-38-43-52-59-66-83(88)100-79(71-94-81(86)65-58-51-46-45-49-56-63-76(7)9-2)73-98-102(91,92)96-69-77(84)68-95-101(89,90)97-72-78(99-82(87)67-60-53-44-39-34-29-24-26-31-36-41-48-55-62-75(5)6)70-93-80(85)64-57-50-42-37-32-27-23-20-18-17-19-22-25-30-35-40-47-54-61-74(3)4/h14-16,21,74-79,84H,8-13,17-20,22-73H2,1-7H3,(H,89,90)(H,91,92)/b15-14-,21-16-/t76?,77-,78-,79-/m1/s1. The maximum atomic E-state index is 13.1. The summed E-state index contributed by atoms with van der Waals surface area (Å²) < 4.78 is 68.7. The van der Waals surface area contributed by atoms with Gasteiger partial charge in [-0.1, -0.05) is 355 Å². The number of allylic oxidation sites excluding steroid dienone is 4. The smallest absolute Gasteiger partial charge is 0.462 e. The van der Waals surface area contributed by atoms with Crippen molar-refractivity contribution in [3.05, 3.63) is 24.3 Å². The van der Waals surface area contributed by atoms with Gasteiger partial charge in [-0.3, -0.25) is 37.3 Å². The molecule has 0 aliphatic rings. The first-order chi connectivity index (χ1) is 49.3. The van der Waals surface area contributed by atoms with Crippen molar-refractivity contribution in [3.63, 3.8) is 0 Å². The van der Waals surface area contributed by atoms with Crippen LogP contribution in [0.3, 0.4) is 0 Å². The predicted octanol–water partition coefficient (Wildman–Crippen LogP) is 24.5. The maximum Gasteiger partial charge on any atom is 0.472 e. The van der Waals surface area contributed by atoms with Crippen LogP contribution in [0.15, 0.2) is 24.3 Å². The fourth-order valence-corrected chi connectivity index (χ4v) is 13.8. The van der Waals surface area contributed by atoms with E-state index in [4.69, 9.17) is 37.0 Å². The molecule has 6 atom stereocenters. The summed E-state index contributed by atoms with van der Waals surface area (Å²) >= 11 is 0. The van der Waals surface area contributed by atoms with Crippen LogP contribution in [0.5, 0.6) is 0 Å². The molecule has 0 aromatic heterocycles. The minimum atomic E-state index is -4.97. The van der Waals surface area contributed by atoms with E-state index < -0.39 is 97.5 Å². The number of esters is 4. The van der Waals surface area contributed by atoms with Crippen molar-refractivity contribution < 1.29 is 80.2 Å². The highest BCUT2D eigenvalue weighted by molar-refractivity contribution is 7.47. The summed E-state index contributed by atoms with van der Waals surface area (Å²) in [6.45, 7) is 11.9. The van der Waals surface area contributed by atoms with Crippen LogP contribution in [0.2, 0.25) is 0 Å². The lowest BCUT2D eigenvalue weighted by Crippen LogP contribution is -2.30. The zero-order valence-corrected chi connectivity index (χ0v) is 68.4. The van der Waals surface area contributed by atoms with Crippen LogP contribution in [0.25, 0.3) is 0 Å². The molecule has 0 rings (SSSR count). The number of phosphoric acid groups is 2. The monoisotopic (exact) mass is 1490 g/mol. The number of carbonyl (C=O) groups excluding carboxylic acids is 4. The molecule has 0 aromatic rings. The van der Waals surface area contributed by atoms with Crippen molar-refractivity contribution in [1.29, 1.82) is 0 Å². The van der Waals surface area contributed by atoms with E-state index in [1.54, 1.807) is 0 Å². The van der Waals surface area contributed by atoms with Crippen LogP contribution in [0, 0.1) is 17.8 Å². The fourth-order valence-electron chi connectivity index (χ4n) is 12.3. The molecule has 19 heteroatoms. The first-order valence-electron chi connectivity index (χ1n) is 42.2. The average molecular weight is 1490 g/mol. The van der Waals surface area contributed by atoms with Crippen molar-refractivity contribution in [3.8, 4) is 0 Å². The number of phosphoric ester groups is 2. The summed E-state index contributed by atoms with van der Waals surface area (Å²) in [6.07, 6.45) is 64.7. The number of unbranched alkanes of at least 4 members (excludes halogenated alkanes) is 43. The van der Waals surface area contributed by atoms with E-state index in [1.807, 2.05) is 0 Å². The van der Waals surface area contributed by atoms with Gasteiger partial charge in [-0.25, -0.2) is 9.13 Å². The van der Waals surface area contributed by atoms with Crippen LogP contribution in [0.4, 0.5) is 0 Å². The molecule has 102 heavy (non-hydrogen) atoms. The molecule has 0 amide bonds. The lowest BCUT2D eigenvalue weighted by molar-refractivity contribution is -0.161. The van der Waals surface area contributed by atoms with Crippen molar-refractivity contribution in [2.45, 2.75) is 426 Å². The summed E-state index contributed by atoms with van der Waals surface area (Å²) in [4.78, 5) is 73.0. The van der Waals surface area contributed by atoms with Crippen molar-refractivity contribution in [1.82, 2.24) is 0 Å². The SMILES string of the molecule is CCCCCC/C=C\C=C/CCCCCCCC(=O)O[C@H](COC(=O)CCCCCCCCC(C)CC)COP(=O)(O)OC[C@H](O)COP(=O)(O)OC[C@@H](COC(=O)CCCCCCCCCCCCCCCCCCCCC(C)C)OC(=O)CCCCCCCCCCCCCCCC(C)C. The Balaban J connectivity index is 5.25. The van der Waals surface area contributed by atoms with Crippen LogP contribution >= 0.6 is 15.6 Å². The molecular weight excluding hydrogens is 1330 g/mol. The Bertz CT molecular complexity index is 2070. The van der Waals surface area contributed by atoms with Crippen LogP contribution in [0.1, 0.15) is 408 Å². The van der Waals surface area contributed by atoms with Crippen molar-refractivity contribution in [2.75, 3.05) is 39.6 Å². The van der Waals surface area contributed by atoms with Gasteiger partial charge in [0, 0.05) is 25.7 Å². The largest absolute Gasteiger partial charge is 0.472 e. The second-order valence-corrected chi connectivity index (χ2v) is 33.3. The van der Waals surface area contributed by atoms with E-state index in [0.29, 0.717) is 25.7 Å². The zero-order chi connectivity index (χ0) is 75.1. The number of aliphatic hydroxyl groups is 1. The Morgan fingerprint density at radius 1 is 0.324 bits per heavy atom. The predicted molar refractivity (Wildman–Crippen MR) is 418 cm³/mol. The second-order valence-electron chi connectivity index (χ2n) is 30.4. The molecule has 0 saturated carbocycles. The van der Waals surface area contributed by atoms with E-state index in [0.717, 1.165) is 127 Å². The first kappa shape index (κ1) is 99.5. The molecule has 0 heterocycles. The number of hydrogen-bond acceptors (Lipinski definition) is 15. The molecule has 602 valence electrons. The summed E-state index contributed by atoms with van der Waals surface area (Å²) in [5, 5.41) is 10.6. The quantitative estimate of drug-likeness (QED) is 0.0169. The Labute approximate surface area is 624 Å². The van der Waals surface area contributed by atoms with Gasteiger partial charge in [0.15, 0.2) is 12.2 Å². The van der Waals surface area contributed by atoms with Crippen molar-refractivity contribution in [2.24, 2.45) is 17.8 Å². The summed E-state index contributed by atoms with van der Waals surface area (Å²) in [5.41, 5.74) is 0. The van der Waals surface area contributed by atoms with Crippen LogP contribution in [-0.4, -0.2) is 96.7 Å². The van der Waals surface area contributed by atoms with E-state index in [2.05, 4.69) is 72.8 Å². The van der Waals surface area contributed by atoms with Crippen molar-refractivity contribution >= 4 is 39.5 Å². The molecule has 0 bridgehead atoms. The Morgan fingerprint density at radius 3 is 0.873 bits per heavy atom. The lowest BCUT2D eigenvalue weighted by Gasteiger charge is -2.21. The van der Waals surface area contributed by atoms with Gasteiger partial charge in [0.05, 0.1) is 26.4 Å². The van der Waals surface area contributed by atoms with E-state index >= 15 is 0 Å². The van der Waals surface area contributed by atoms with Gasteiger partial charge in [-0.2, -0.15) is 0 Å². The Morgan fingerprint density at radius 2 is 0.578 bits per heavy atom. The van der Waals surface area contributed by atoms with Gasteiger partial charge in [0.25, 0.3) is 0 Å². The third kappa shape index (κ3) is 74.4. The van der Waals surface area contributed by atoms with E-state index in [9.17, 15) is 43.2 Å². The third-order valence-electron chi connectivity index (χ3n) is 19.1. The van der Waals surface area contributed by atoms with Gasteiger partial charge in [0.1, 0.15) is 19.3 Å². The summed E-state index contributed by atoms with van der Waals surface area (Å²) in [7, 11) is -9.94. The maximum absolute atomic E-state index is 13.1. The molecule has 0 radical (unpaired) electrons. The van der Waals surface area contributed by atoms with Gasteiger partial charge >= 0.3 is 39.5 Å². The number of ether oxygens (including phenoxy) is 4. The number of hydrogen-bond donors (Lipinski definition) is 3. The van der Waals surface area contributed by atoms with Gasteiger partial charge in [-0.15, -0.1) is 0 Å². The second kappa shape index (κ2) is 72.7. The Hall–Kier alpha value is -2.46. The van der Waals surface area contributed by atoms with Crippen LogP contribution in [-0.2, 0) is 65.4 Å². The number of aliphatic hydroxyl groups excluding tert-OH is 1. The minimum absolute atomic E-state index is 0.0841. The topological polar surface area (TPSA) is 237 Å². The fraction of sp³-hybridized carbons (Fsp3) is 0.904. The van der Waals surface area contributed by atoms with Gasteiger partial charge in [-0.05, 0) is 69.1 Å². The highest BCUT2D eigenvalue weighted by atomic mass is 31.2. The molecule has 0 aliphatic heterocycles. The molecule has 0 fully saturated rings. The minimum Gasteiger partial charge on any atom is -0.462 e. The molecular formula is C83H158O17P2. The molecule has 0 spiro atoms. The average Bonchev–Trinajstić information content (AvgIpc) is 0.939. The highest BCUT2D eigenvalue weighted by Crippen LogP contribution is 2.45. The lowest BCUT2D eigenvalue weighted by atomic mass is 10.00. The molecule has 3 N–H and O–H groups in total. The first-order valence-corrected chi connectivity index (χ1v) is 45.2. The molecule has 0 aromatic carbocycles. The van der Waals surface area contributed by atoms with Gasteiger partial charge < -0.3 is 33.8 Å². The molecule has 0 saturated heterocycles. The normalized spacial score (nSPS) is 14.4. The number of rotatable bonds is 79. The third-order valence-corrected chi connectivity index (χ3v) is 21.0. The van der Waals surface area contributed by atoms with Gasteiger partial charge in [0.2, 0.25) is 0 Å². The zero-order valence-electron chi connectivity index (χ0n) is 66.6.